The zero-order valence-electron chi connectivity index (χ0n) is 17.6. The van der Waals surface area contributed by atoms with Gasteiger partial charge < -0.3 is 20.5 Å². The molecule has 2 aromatic rings. The number of aliphatic imine (C=N–C) groups is 1. The number of aryl methyl sites for hydroxylation is 1. The van der Waals surface area contributed by atoms with Gasteiger partial charge >= 0.3 is 0 Å². The number of aliphatic hydroxyl groups is 1. The summed E-state index contributed by atoms with van der Waals surface area (Å²) in [6.45, 7) is 8.65. The molecule has 0 aliphatic carbocycles. The number of nitrogens with one attached hydrogen (secondary N) is 2. The lowest BCUT2D eigenvalue weighted by Crippen LogP contribution is -2.42. The lowest BCUT2D eigenvalue weighted by molar-refractivity contribution is -0.0265. The van der Waals surface area contributed by atoms with Crippen LogP contribution in [0.2, 0.25) is 0 Å². The van der Waals surface area contributed by atoms with E-state index in [9.17, 15) is 5.11 Å². The number of nitrogens with zero attached hydrogens (tertiary/aromatic N) is 1. The normalized spacial score (nSPS) is 22.1. The minimum atomic E-state index is -0.963. The highest BCUT2D eigenvalue weighted by molar-refractivity contribution is 7.10. The van der Waals surface area contributed by atoms with Gasteiger partial charge in [0, 0.05) is 30.5 Å². The SMILES string of the molecule is CCNC(=NCC(C)(O)c1cccs1)NCC1CCCOC1c1ccc(C)cc1. The quantitative estimate of drug-likeness (QED) is 0.473. The summed E-state index contributed by atoms with van der Waals surface area (Å²) in [7, 11) is 0. The molecule has 3 unspecified atom stereocenters. The Morgan fingerprint density at radius 1 is 1.28 bits per heavy atom. The molecule has 29 heavy (non-hydrogen) atoms. The van der Waals surface area contributed by atoms with Crippen LogP contribution in [0.3, 0.4) is 0 Å². The fourth-order valence-electron chi connectivity index (χ4n) is 3.64. The second kappa shape index (κ2) is 10.2. The van der Waals surface area contributed by atoms with E-state index in [2.05, 4.69) is 46.8 Å². The number of hydrogen-bond acceptors (Lipinski definition) is 4. The molecule has 0 spiro atoms. The predicted octanol–water partition coefficient (Wildman–Crippen LogP) is 3.99. The molecule has 1 aliphatic rings. The van der Waals surface area contributed by atoms with Gasteiger partial charge in [-0.1, -0.05) is 35.9 Å². The Balaban J connectivity index is 1.64. The van der Waals surface area contributed by atoms with Gasteiger partial charge in [0.15, 0.2) is 5.96 Å². The van der Waals surface area contributed by atoms with Gasteiger partial charge in [-0.25, -0.2) is 4.99 Å². The number of thiophene rings is 1. The molecule has 3 rings (SSSR count). The maximum Gasteiger partial charge on any atom is 0.191 e. The van der Waals surface area contributed by atoms with Gasteiger partial charge in [0.25, 0.3) is 0 Å². The monoisotopic (exact) mass is 415 g/mol. The third-order valence-electron chi connectivity index (χ3n) is 5.32. The average Bonchev–Trinajstić information content (AvgIpc) is 3.27. The van der Waals surface area contributed by atoms with Crippen LogP contribution in [0.1, 0.15) is 48.8 Å². The lowest BCUT2D eigenvalue weighted by atomic mass is 9.89. The largest absolute Gasteiger partial charge is 0.383 e. The Morgan fingerprint density at radius 3 is 2.76 bits per heavy atom. The van der Waals surface area contributed by atoms with E-state index in [0.29, 0.717) is 12.5 Å². The van der Waals surface area contributed by atoms with Crippen LogP contribution >= 0.6 is 11.3 Å². The first-order valence-electron chi connectivity index (χ1n) is 10.5. The molecule has 3 atom stereocenters. The van der Waals surface area contributed by atoms with Gasteiger partial charge in [-0.05, 0) is 50.6 Å². The van der Waals surface area contributed by atoms with Crippen LogP contribution in [0.5, 0.6) is 0 Å². The van der Waals surface area contributed by atoms with Crippen molar-refractivity contribution in [3.63, 3.8) is 0 Å². The summed E-state index contributed by atoms with van der Waals surface area (Å²) < 4.78 is 6.13. The maximum absolute atomic E-state index is 10.7. The fourth-order valence-corrected chi connectivity index (χ4v) is 4.42. The summed E-state index contributed by atoms with van der Waals surface area (Å²) in [5, 5.41) is 19.5. The van der Waals surface area contributed by atoms with Crippen molar-refractivity contribution in [2.24, 2.45) is 10.9 Å². The average molecular weight is 416 g/mol. The molecule has 2 heterocycles. The first-order chi connectivity index (χ1) is 14.0. The van der Waals surface area contributed by atoms with Crippen molar-refractivity contribution < 1.29 is 9.84 Å². The molecule has 5 nitrogen and oxygen atoms in total. The van der Waals surface area contributed by atoms with Gasteiger partial charge in [0.05, 0.1) is 12.6 Å². The highest BCUT2D eigenvalue weighted by Crippen LogP contribution is 2.33. The first kappa shape index (κ1) is 21.8. The maximum atomic E-state index is 10.7. The molecule has 1 aliphatic heterocycles. The first-order valence-corrected chi connectivity index (χ1v) is 11.3. The Labute approximate surface area is 178 Å². The fraction of sp³-hybridized carbons (Fsp3) is 0.522. The number of guanidine groups is 1. The summed E-state index contributed by atoms with van der Waals surface area (Å²) >= 11 is 1.55. The number of hydrogen-bond donors (Lipinski definition) is 3. The highest BCUT2D eigenvalue weighted by Gasteiger charge is 2.28. The molecule has 1 saturated heterocycles. The minimum absolute atomic E-state index is 0.106. The van der Waals surface area contributed by atoms with Crippen LogP contribution in [0.4, 0.5) is 0 Å². The van der Waals surface area contributed by atoms with Crippen LogP contribution in [0.15, 0.2) is 46.8 Å². The molecule has 3 N–H and O–H groups in total. The second-order valence-electron chi connectivity index (χ2n) is 7.93. The summed E-state index contributed by atoms with van der Waals surface area (Å²) in [5.41, 5.74) is 1.54. The van der Waals surface area contributed by atoms with Crippen molar-refractivity contribution in [2.75, 3.05) is 26.2 Å². The van der Waals surface area contributed by atoms with E-state index in [-0.39, 0.29) is 6.10 Å². The van der Waals surface area contributed by atoms with E-state index < -0.39 is 5.60 Å². The summed E-state index contributed by atoms with van der Waals surface area (Å²) in [5.74, 6) is 1.12. The third-order valence-corrected chi connectivity index (χ3v) is 6.45. The lowest BCUT2D eigenvalue weighted by Gasteiger charge is -2.33. The van der Waals surface area contributed by atoms with Crippen LogP contribution < -0.4 is 10.6 Å². The number of ether oxygens (including phenoxy) is 1. The Morgan fingerprint density at radius 2 is 2.07 bits per heavy atom. The van der Waals surface area contributed by atoms with E-state index >= 15 is 0 Å². The van der Waals surface area contributed by atoms with E-state index in [1.807, 2.05) is 31.4 Å². The van der Waals surface area contributed by atoms with Gasteiger partial charge in [-0.2, -0.15) is 0 Å². The molecule has 1 aromatic heterocycles. The Kier molecular flexibility index (Phi) is 7.70. The number of benzene rings is 1. The second-order valence-corrected chi connectivity index (χ2v) is 8.88. The van der Waals surface area contributed by atoms with E-state index in [0.717, 1.165) is 43.4 Å². The summed E-state index contributed by atoms with van der Waals surface area (Å²) in [6, 6.07) is 12.6. The van der Waals surface area contributed by atoms with Crippen molar-refractivity contribution in [1.82, 2.24) is 10.6 Å². The molecule has 0 saturated carbocycles. The molecule has 0 bridgehead atoms. The van der Waals surface area contributed by atoms with Crippen molar-refractivity contribution in [2.45, 2.75) is 45.3 Å². The van der Waals surface area contributed by atoms with Gasteiger partial charge in [-0.15, -0.1) is 11.3 Å². The van der Waals surface area contributed by atoms with Crippen molar-refractivity contribution in [1.29, 1.82) is 0 Å². The standard InChI is InChI=1S/C23H33N3O2S/c1-4-24-22(26-16-23(3,27)20-8-6-14-29-20)25-15-19-7-5-13-28-21(19)18-11-9-17(2)10-12-18/h6,8-12,14,19,21,27H,4-5,7,13,15-16H2,1-3H3,(H2,24,25,26). The molecule has 1 fully saturated rings. The Bertz CT molecular complexity index is 772. The third kappa shape index (κ3) is 6.04. The minimum Gasteiger partial charge on any atom is -0.383 e. The summed E-state index contributed by atoms with van der Waals surface area (Å²) in [4.78, 5) is 5.57. The van der Waals surface area contributed by atoms with Gasteiger partial charge in [0.2, 0.25) is 0 Å². The van der Waals surface area contributed by atoms with Crippen molar-refractivity contribution in [3.05, 3.63) is 57.8 Å². The van der Waals surface area contributed by atoms with E-state index in [1.165, 1.54) is 11.1 Å². The van der Waals surface area contributed by atoms with Crippen LogP contribution in [-0.4, -0.2) is 37.3 Å². The smallest absolute Gasteiger partial charge is 0.191 e. The zero-order valence-corrected chi connectivity index (χ0v) is 18.5. The van der Waals surface area contributed by atoms with Gasteiger partial charge in [0.1, 0.15) is 5.60 Å². The predicted molar refractivity (Wildman–Crippen MR) is 120 cm³/mol. The van der Waals surface area contributed by atoms with Crippen molar-refractivity contribution >= 4 is 17.3 Å². The van der Waals surface area contributed by atoms with E-state index in [1.54, 1.807) is 11.3 Å². The molecule has 0 radical (unpaired) electrons. The molecule has 158 valence electrons. The Hall–Kier alpha value is -1.89. The molecular formula is C23H33N3O2S. The highest BCUT2D eigenvalue weighted by atomic mass is 32.1. The molecule has 0 amide bonds. The van der Waals surface area contributed by atoms with Gasteiger partial charge in [-0.3, -0.25) is 0 Å². The zero-order chi connectivity index (χ0) is 20.7. The van der Waals surface area contributed by atoms with Crippen LogP contribution in [0, 0.1) is 12.8 Å². The molecule has 1 aromatic carbocycles. The topological polar surface area (TPSA) is 65.9 Å². The molecule has 6 heteroatoms. The van der Waals surface area contributed by atoms with Crippen molar-refractivity contribution in [3.8, 4) is 0 Å². The van der Waals surface area contributed by atoms with Crippen LogP contribution in [-0.2, 0) is 10.3 Å². The summed E-state index contributed by atoms with van der Waals surface area (Å²) in [6.07, 6.45) is 2.31. The van der Waals surface area contributed by atoms with E-state index in [4.69, 9.17) is 4.74 Å². The van der Waals surface area contributed by atoms with Crippen LogP contribution in [0.25, 0.3) is 0 Å². The number of rotatable bonds is 7. The molecular weight excluding hydrogens is 382 g/mol.